The third-order valence-electron chi connectivity index (χ3n) is 3.34. The number of nitrogens with one attached hydrogen (secondary N) is 1. The van der Waals surface area contributed by atoms with Crippen molar-refractivity contribution in [1.29, 1.82) is 0 Å². The maximum atomic E-state index is 11.2. The van der Waals surface area contributed by atoms with Crippen LogP contribution in [0.25, 0.3) is 0 Å². The van der Waals surface area contributed by atoms with E-state index in [2.05, 4.69) is 5.32 Å². The number of benzene rings is 1. The van der Waals surface area contributed by atoms with Crippen molar-refractivity contribution in [3.05, 3.63) is 39.4 Å². The zero-order chi connectivity index (χ0) is 14.5. The molecule has 0 bridgehead atoms. The number of nitro benzene ring substituents is 1. The minimum absolute atomic E-state index is 0.239. The van der Waals surface area contributed by atoms with Crippen molar-refractivity contribution in [1.82, 2.24) is 5.32 Å². The second-order valence-corrected chi connectivity index (χ2v) is 4.64. The Morgan fingerprint density at radius 3 is 2.75 bits per heavy atom. The lowest BCUT2D eigenvalue weighted by Crippen LogP contribution is -2.34. The molecule has 7 heteroatoms. The SMILES string of the molecule is O=C(O)c1c(CNC2CCOCC2)cccc1[N+](=O)[O-]. The van der Waals surface area contributed by atoms with Gasteiger partial charge in [0.05, 0.1) is 4.92 Å². The van der Waals surface area contributed by atoms with Gasteiger partial charge in [0.15, 0.2) is 0 Å². The molecule has 108 valence electrons. The lowest BCUT2D eigenvalue weighted by molar-refractivity contribution is -0.385. The molecule has 0 saturated carbocycles. The van der Waals surface area contributed by atoms with Crippen LogP contribution in [0.3, 0.4) is 0 Å². The molecule has 0 aliphatic carbocycles. The van der Waals surface area contributed by atoms with Crippen LogP contribution in [0.2, 0.25) is 0 Å². The Hall–Kier alpha value is -1.99. The summed E-state index contributed by atoms with van der Waals surface area (Å²) in [7, 11) is 0. The summed E-state index contributed by atoms with van der Waals surface area (Å²) in [6, 6.07) is 4.57. The van der Waals surface area contributed by atoms with E-state index in [1.54, 1.807) is 6.07 Å². The van der Waals surface area contributed by atoms with E-state index in [1.807, 2.05) is 0 Å². The Bertz CT molecular complexity index is 511. The zero-order valence-electron chi connectivity index (χ0n) is 10.9. The molecule has 0 amide bonds. The van der Waals surface area contributed by atoms with Crippen LogP contribution in [0, 0.1) is 10.1 Å². The Labute approximate surface area is 115 Å². The third kappa shape index (κ3) is 3.31. The predicted molar refractivity (Wildman–Crippen MR) is 70.7 cm³/mol. The number of aromatic carboxylic acids is 1. The Kier molecular flexibility index (Phi) is 4.65. The second-order valence-electron chi connectivity index (χ2n) is 4.64. The van der Waals surface area contributed by atoms with Gasteiger partial charge in [-0.05, 0) is 18.4 Å². The summed E-state index contributed by atoms with van der Waals surface area (Å²) in [5.74, 6) is -1.28. The highest BCUT2D eigenvalue weighted by molar-refractivity contribution is 5.94. The molecule has 7 nitrogen and oxygen atoms in total. The molecule has 20 heavy (non-hydrogen) atoms. The molecule has 0 spiro atoms. The molecule has 1 saturated heterocycles. The minimum Gasteiger partial charge on any atom is -0.477 e. The maximum Gasteiger partial charge on any atom is 0.343 e. The molecule has 1 aliphatic rings. The number of carbonyl (C=O) groups is 1. The van der Waals surface area contributed by atoms with Crippen molar-refractivity contribution >= 4 is 11.7 Å². The van der Waals surface area contributed by atoms with Crippen LogP contribution in [0.4, 0.5) is 5.69 Å². The molecule has 1 aliphatic heterocycles. The number of carboxylic acid groups (broad SMARTS) is 1. The van der Waals surface area contributed by atoms with Crippen molar-refractivity contribution in [2.75, 3.05) is 13.2 Å². The summed E-state index contributed by atoms with van der Waals surface area (Å²) in [5, 5.41) is 23.3. The molecular formula is C13H16N2O5. The highest BCUT2D eigenvalue weighted by Crippen LogP contribution is 2.22. The van der Waals surface area contributed by atoms with E-state index in [-0.39, 0.29) is 17.3 Å². The first kappa shape index (κ1) is 14.4. The van der Waals surface area contributed by atoms with Gasteiger partial charge in [0.1, 0.15) is 5.56 Å². The van der Waals surface area contributed by atoms with Gasteiger partial charge >= 0.3 is 5.97 Å². The van der Waals surface area contributed by atoms with E-state index >= 15 is 0 Å². The number of hydrogen-bond acceptors (Lipinski definition) is 5. The normalized spacial score (nSPS) is 16.0. The number of ether oxygens (including phenoxy) is 1. The fraction of sp³-hybridized carbons (Fsp3) is 0.462. The van der Waals surface area contributed by atoms with Crippen LogP contribution in [0.1, 0.15) is 28.8 Å². The van der Waals surface area contributed by atoms with E-state index in [0.29, 0.717) is 25.3 Å². The summed E-state index contributed by atoms with van der Waals surface area (Å²) >= 11 is 0. The molecular weight excluding hydrogens is 264 g/mol. The van der Waals surface area contributed by atoms with Crippen LogP contribution in [0.5, 0.6) is 0 Å². The van der Waals surface area contributed by atoms with Gasteiger partial charge in [-0.2, -0.15) is 0 Å². The van der Waals surface area contributed by atoms with Gasteiger partial charge in [-0.3, -0.25) is 10.1 Å². The number of carboxylic acids is 1. The van der Waals surface area contributed by atoms with Crippen LogP contribution < -0.4 is 5.32 Å². The zero-order valence-corrected chi connectivity index (χ0v) is 10.9. The van der Waals surface area contributed by atoms with Crippen LogP contribution in [-0.4, -0.2) is 35.3 Å². The average Bonchev–Trinajstić information content (AvgIpc) is 2.45. The van der Waals surface area contributed by atoms with Gasteiger partial charge in [-0.15, -0.1) is 0 Å². The summed E-state index contributed by atoms with van der Waals surface area (Å²) in [6.45, 7) is 1.66. The number of nitrogens with zero attached hydrogens (tertiary/aromatic N) is 1. The molecule has 0 aromatic heterocycles. The van der Waals surface area contributed by atoms with Crippen molar-refractivity contribution in [3.8, 4) is 0 Å². The van der Waals surface area contributed by atoms with Gasteiger partial charge in [-0.25, -0.2) is 4.79 Å². The predicted octanol–water partition coefficient (Wildman–Crippen LogP) is 1.56. The molecule has 1 aromatic carbocycles. The molecule has 2 rings (SSSR count). The van der Waals surface area contributed by atoms with Gasteiger partial charge in [0.2, 0.25) is 0 Å². The summed E-state index contributed by atoms with van der Waals surface area (Å²) in [4.78, 5) is 21.5. The van der Waals surface area contributed by atoms with Crippen LogP contribution in [0.15, 0.2) is 18.2 Å². The average molecular weight is 280 g/mol. The van der Waals surface area contributed by atoms with E-state index < -0.39 is 10.9 Å². The molecule has 0 unspecified atom stereocenters. The molecule has 2 N–H and O–H groups in total. The van der Waals surface area contributed by atoms with E-state index in [9.17, 15) is 20.0 Å². The Balaban J connectivity index is 2.16. The lowest BCUT2D eigenvalue weighted by atomic mass is 10.0. The third-order valence-corrected chi connectivity index (χ3v) is 3.34. The summed E-state index contributed by atoms with van der Waals surface area (Å²) in [5.41, 5.74) is -0.181. The molecule has 1 fully saturated rings. The van der Waals surface area contributed by atoms with Gasteiger partial charge in [0, 0.05) is 31.9 Å². The second kappa shape index (κ2) is 6.44. The smallest absolute Gasteiger partial charge is 0.343 e. The first-order valence-electron chi connectivity index (χ1n) is 6.40. The van der Waals surface area contributed by atoms with Crippen molar-refractivity contribution in [3.63, 3.8) is 0 Å². The number of rotatable bonds is 5. The van der Waals surface area contributed by atoms with Crippen molar-refractivity contribution in [2.45, 2.75) is 25.4 Å². The molecule has 0 radical (unpaired) electrons. The molecule has 1 heterocycles. The minimum atomic E-state index is -1.28. The molecule has 0 atom stereocenters. The largest absolute Gasteiger partial charge is 0.477 e. The maximum absolute atomic E-state index is 11.2. The van der Waals surface area contributed by atoms with E-state index in [1.165, 1.54) is 12.1 Å². The van der Waals surface area contributed by atoms with E-state index in [0.717, 1.165) is 12.8 Å². The van der Waals surface area contributed by atoms with Crippen LogP contribution in [-0.2, 0) is 11.3 Å². The number of nitro groups is 1. The van der Waals surface area contributed by atoms with E-state index in [4.69, 9.17) is 4.74 Å². The standard InChI is InChI=1S/C13H16N2O5/c16-13(17)12-9(2-1-3-11(12)15(18)19)8-14-10-4-6-20-7-5-10/h1-3,10,14H,4-8H2,(H,16,17). The fourth-order valence-corrected chi connectivity index (χ4v) is 2.29. The van der Waals surface area contributed by atoms with Crippen LogP contribution >= 0.6 is 0 Å². The van der Waals surface area contributed by atoms with Crippen molar-refractivity contribution < 1.29 is 19.6 Å². The molecule has 1 aromatic rings. The fourth-order valence-electron chi connectivity index (χ4n) is 2.29. The summed E-state index contributed by atoms with van der Waals surface area (Å²) < 4.78 is 5.24. The van der Waals surface area contributed by atoms with Gasteiger partial charge < -0.3 is 15.2 Å². The summed E-state index contributed by atoms with van der Waals surface area (Å²) in [6.07, 6.45) is 1.72. The Morgan fingerprint density at radius 1 is 1.45 bits per heavy atom. The first-order chi connectivity index (χ1) is 9.59. The quantitative estimate of drug-likeness (QED) is 0.627. The highest BCUT2D eigenvalue weighted by atomic mass is 16.6. The monoisotopic (exact) mass is 280 g/mol. The van der Waals surface area contributed by atoms with Crippen molar-refractivity contribution in [2.24, 2.45) is 0 Å². The highest BCUT2D eigenvalue weighted by Gasteiger charge is 2.23. The van der Waals surface area contributed by atoms with Gasteiger partial charge in [-0.1, -0.05) is 12.1 Å². The lowest BCUT2D eigenvalue weighted by Gasteiger charge is -2.23. The van der Waals surface area contributed by atoms with Gasteiger partial charge in [0.25, 0.3) is 5.69 Å². The topological polar surface area (TPSA) is 102 Å². The Morgan fingerprint density at radius 2 is 2.15 bits per heavy atom. The number of hydrogen-bond donors (Lipinski definition) is 2. The first-order valence-corrected chi connectivity index (χ1v) is 6.40.